The molecule has 12 N–H and O–H groups in total. The van der Waals surface area contributed by atoms with Crippen LogP contribution in [0, 0.1) is 0 Å². The molecule has 0 aliphatic heterocycles. The zero-order chi connectivity index (χ0) is 29.2. The highest BCUT2D eigenvalue weighted by molar-refractivity contribution is 7.80. The topological polar surface area (TPSA) is 238 Å². The molecular weight excluding hydrogens is 524 g/mol. The molecule has 14 heteroatoms. The van der Waals surface area contributed by atoms with Crippen LogP contribution >= 0.6 is 12.6 Å². The first-order valence-corrected chi connectivity index (χ1v) is 13.6. The number of carbonyl (C=O) groups excluding carboxylic acids is 5. The van der Waals surface area contributed by atoms with E-state index in [-0.39, 0.29) is 18.7 Å². The van der Waals surface area contributed by atoms with Crippen molar-refractivity contribution < 1.29 is 24.0 Å². The molecule has 5 amide bonds. The Morgan fingerprint density at radius 3 is 1.79 bits per heavy atom. The lowest BCUT2D eigenvalue weighted by Gasteiger charge is -2.25. The molecule has 0 unspecified atom stereocenters. The predicted molar refractivity (Wildman–Crippen MR) is 151 cm³/mol. The lowest BCUT2D eigenvalue weighted by atomic mass is 10.1. The Morgan fingerprint density at radius 1 is 0.744 bits per heavy atom. The maximum absolute atomic E-state index is 13.1. The van der Waals surface area contributed by atoms with Gasteiger partial charge in [-0.15, -0.1) is 0 Å². The summed E-state index contributed by atoms with van der Waals surface area (Å²) in [6.07, 6.45) is 2.93. The Balaban J connectivity index is 2.79. The Bertz CT molecular complexity index is 936. The molecule has 218 valence electrons. The van der Waals surface area contributed by atoms with Crippen molar-refractivity contribution >= 4 is 42.2 Å². The van der Waals surface area contributed by atoms with Crippen LogP contribution in [0.3, 0.4) is 0 Å². The Hall–Kier alpha value is -3.20. The normalized spacial score (nSPS) is 13.8. The van der Waals surface area contributed by atoms with Crippen molar-refractivity contribution in [3.63, 3.8) is 0 Å². The SMILES string of the molecule is NCCCC[C@H](NC(=O)[C@H](CS)NC(=O)[C@H](CCCCN)NC(=O)[C@@H](N)CNC(=O)c1ccccc1)C(N)=O. The number of nitrogens with two attached hydrogens (primary N) is 4. The molecule has 0 saturated heterocycles. The molecule has 1 aromatic carbocycles. The minimum absolute atomic E-state index is 0.0691. The average Bonchev–Trinajstić information content (AvgIpc) is 2.93. The van der Waals surface area contributed by atoms with Gasteiger partial charge in [-0.2, -0.15) is 12.6 Å². The number of nitrogens with one attached hydrogen (secondary N) is 4. The Morgan fingerprint density at radius 2 is 1.26 bits per heavy atom. The molecule has 13 nitrogen and oxygen atoms in total. The molecule has 0 heterocycles. The highest BCUT2D eigenvalue weighted by Gasteiger charge is 2.29. The Kier molecular flexibility index (Phi) is 16.4. The van der Waals surface area contributed by atoms with Crippen LogP contribution < -0.4 is 44.2 Å². The molecule has 0 aliphatic carbocycles. The van der Waals surface area contributed by atoms with E-state index in [0.29, 0.717) is 50.8 Å². The fourth-order valence-electron chi connectivity index (χ4n) is 3.54. The van der Waals surface area contributed by atoms with Crippen LogP contribution in [-0.4, -0.2) is 79.1 Å². The zero-order valence-corrected chi connectivity index (χ0v) is 23.0. The van der Waals surface area contributed by atoms with Crippen molar-refractivity contribution in [3.8, 4) is 0 Å². The summed E-state index contributed by atoms with van der Waals surface area (Å²) in [6, 6.07) is 4.27. The van der Waals surface area contributed by atoms with Crippen molar-refractivity contribution in [2.24, 2.45) is 22.9 Å². The van der Waals surface area contributed by atoms with Crippen molar-refractivity contribution in [3.05, 3.63) is 35.9 Å². The van der Waals surface area contributed by atoms with E-state index in [1.807, 2.05) is 0 Å². The maximum atomic E-state index is 13.1. The smallest absolute Gasteiger partial charge is 0.251 e. The highest BCUT2D eigenvalue weighted by atomic mass is 32.1. The van der Waals surface area contributed by atoms with Gasteiger partial charge in [0.15, 0.2) is 0 Å². The van der Waals surface area contributed by atoms with E-state index in [4.69, 9.17) is 22.9 Å². The van der Waals surface area contributed by atoms with Gasteiger partial charge in [-0.3, -0.25) is 24.0 Å². The van der Waals surface area contributed by atoms with Crippen molar-refractivity contribution in [2.45, 2.75) is 62.7 Å². The van der Waals surface area contributed by atoms with E-state index in [0.717, 1.165) is 0 Å². The number of hydrogen-bond acceptors (Lipinski definition) is 9. The lowest BCUT2D eigenvalue weighted by Crippen LogP contribution is -2.58. The summed E-state index contributed by atoms with van der Waals surface area (Å²) in [4.78, 5) is 62.5. The first kappa shape index (κ1) is 33.8. The molecule has 1 rings (SSSR count). The van der Waals surface area contributed by atoms with Gasteiger partial charge >= 0.3 is 0 Å². The van der Waals surface area contributed by atoms with E-state index in [1.165, 1.54) is 0 Å². The molecule has 0 radical (unpaired) electrons. The van der Waals surface area contributed by atoms with Crippen molar-refractivity contribution in [1.82, 2.24) is 21.3 Å². The summed E-state index contributed by atoms with van der Waals surface area (Å²) in [5.74, 6) is -3.09. The molecule has 4 atom stereocenters. The van der Waals surface area contributed by atoms with Gasteiger partial charge in [0.25, 0.3) is 5.91 Å². The van der Waals surface area contributed by atoms with Crippen LogP contribution in [0.2, 0.25) is 0 Å². The van der Waals surface area contributed by atoms with Gasteiger partial charge in [0, 0.05) is 17.9 Å². The van der Waals surface area contributed by atoms with E-state index in [1.54, 1.807) is 30.3 Å². The van der Waals surface area contributed by atoms with Crippen LogP contribution in [-0.2, 0) is 19.2 Å². The van der Waals surface area contributed by atoms with Crippen LogP contribution in [0.25, 0.3) is 0 Å². The average molecular weight is 567 g/mol. The van der Waals surface area contributed by atoms with Crippen LogP contribution in [0.15, 0.2) is 30.3 Å². The summed E-state index contributed by atoms with van der Waals surface area (Å²) in [5.41, 5.74) is 22.8. The van der Waals surface area contributed by atoms with Gasteiger partial charge in [0.2, 0.25) is 23.6 Å². The van der Waals surface area contributed by atoms with Crippen LogP contribution in [0.1, 0.15) is 48.9 Å². The minimum atomic E-state index is -1.13. The summed E-state index contributed by atoms with van der Waals surface area (Å²) in [7, 11) is 0. The summed E-state index contributed by atoms with van der Waals surface area (Å²) < 4.78 is 0. The molecule has 0 aromatic heterocycles. The highest BCUT2D eigenvalue weighted by Crippen LogP contribution is 2.05. The van der Waals surface area contributed by atoms with Gasteiger partial charge in [0.1, 0.15) is 24.2 Å². The fourth-order valence-corrected chi connectivity index (χ4v) is 3.80. The standard InChI is InChI=1S/C25H42N8O5S/c26-12-6-4-10-18(21(29)34)31-25(38)20(15-39)33-24(37)19(11-5-7-13-27)32-23(36)17(28)14-30-22(35)16-8-2-1-3-9-16/h1-3,8-9,17-20,39H,4-7,10-15,26-28H2,(H2,29,34)(H,30,35)(H,31,38)(H,32,36)(H,33,37)/t17-,18-,19-,20-/m0/s1. The van der Waals surface area contributed by atoms with Gasteiger partial charge < -0.3 is 44.2 Å². The molecule has 0 aliphatic rings. The van der Waals surface area contributed by atoms with Crippen LogP contribution in [0.5, 0.6) is 0 Å². The Labute approximate surface area is 234 Å². The third-order valence-electron chi connectivity index (χ3n) is 5.86. The number of unbranched alkanes of at least 4 members (excludes halogenated alkanes) is 2. The van der Waals surface area contributed by atoms with E-state index < -0.39 is 53.7 Å². The molecule has 0 saturated carbocycles. The third kappa shape index (κ3) is 12.9. The van der Waals surface area contributed by atoms with E-state index in [2.05, 4.69) is 33.9 Å². The monoisotopic (exact) mass is 566 g/mol. The van der Waals surface area contributed by atoms with Gasteiger partial charge in [0.05, 0.1) is 0 Å². The number of rotatable bonds is 19. The van der Waals surface area contributed by atoms with Gasteiger partial charge in [-0.1, -0.05) is 18.2 Å². The molecule has 0 spiro atoms. The largest absolute Gasteiger partial charge is 0.368 e. The second-order valence-electron chi connectivity index (χ2n) is 9.02. The van der Waals surface area contributed by atoms with Gasteiger partial charge in [-0.25, -0.2) is 0 Å². The molecular formula is C25H42N8O5S. The lowest BCUT2D eigenvalue weighted by molar-refractivity contribution is -0.133. The number of benzene rings is 1. The number of thiol groups is 1. The summed E-state index contributed by atoms with van der Waals surface area (Å²) in [6.45, 7) is 0.680. The van der Waals surface area contributed by atoms with Crippen molar-refractivity contribution in [1.29, 1.82) is 0 Å². The van der Waals surface area contributed by atoms with Crippen LogP contribution in [0.4, 0.5) is 0 Å². The minimum Gasteiger partial charge on any atom is -0.368 e. The van der Waals surface area contributed by atoms with Crippen molar-refractivity contribution in [2.75, 3.05) is 25.4 Å². The summed E-state index contributed by atoms with van der Waals surface area (Å²) >= 11 is 4.15. The fraction of sp³-hybridized carbons (Fsp3) is 0.560. The second-order valence-corrected chi connectivity index (χ2v) is 9.39. The van der Waals surface area contributed by atoms with Gasteiger partial charge in [-0.05, 0) is 63.7 Å². The molecule has 0 fully saturated rings. The van der Waals surface area contributed by atoms with E-state index >= 15 is 0 Å². The second kappa shape index (κ2) is 19.0. The number of hydrogen-bond donors (Lipinski definition) is 9. The quantitative estimate of drug-likeness (QED) is 0.0660. The first-order valence-electron chi connectivity index (χ1n) is 12.9. The molecule has 39 heavy (non-hydrogen) atoms. The summed E-state index contributed by atoms with van der Waals surface area (Å²) in [5, 5.41) is 10.3. The molecule has 1 aromatic rings. The predicted octanol–water partition coefficient (Wildman–Crippen LogP) is -2.13. The number of amides is 5. The zero-order valence-electron chi connectivity index (χ0n) is 22.1. The first-order chi connectivity index (χ1) is 18.6. The number of primary amides is 1. The number of carbonyl (C=O) groups is 5. The van der Waals surface area contributed by atoms with E-state index in [9.17, 15) is 24.0 Å². The molecule has 0 bridgehead atoms. The maximum Gasteiger partial charge on any atom is 0.251 e. The third-order valence-corrected chi connectivity index (χ3v) is 6.22.